The zero-order valence-corrected chi connectivity index (χ0v) is 14.0. The predicted octanol–water partition coefficient (Wildman–Crippen LogP) is 2.63. The van der Waals surface area contributed by atoms with E-state index in [-0.39, 0.29) is 24.0 Å². The van der Waals surface area contributed by atoms with Crippen LogP contribution in [0.2, 0.25) is 0 Å². The highest BCUT2D eigenvalue weighted by Crippen LogP contribution is 2.27. The number of amides is 2. The largest absolute Gasteiger partial charge is 0.376 e. The third-order valence-electron chi connectivity index (χ3n) is 4.26. The van der Waals surface area contributed by atoms with Gasteiger partial charge in [0.1, 0.15) is 5.82 Å². The van der Waals surface area contributed by atoms with E-state index in [1.54, 1.807) is 18.3 Å². The van der Waals surface area contributed by atoms with Crippen LogP contribution in [-0.2, 0) is 11.3 Å². The smallest absolute Gasteiger partial charge is 0.315 e. The molecule has 7 heteroatoms. The van der Waals surface area contributed by atoms with E-state index in [1.807, 2.05) is 16.9 Å². The first-order chi connectivity index (χ1) is 12.2. The number of nitrogens with one attached hydrogen (secondary N) is 2. The summed E-state index contributed by atoms with van der Waals surface area (Å²) in [7, 11) is 0. The summed E-state index contributed by atoms with van der Waals surface area (Å²) in [6, 6.07) is 7.54. The topological polar surface area (TPSA) is 68.2 Å². The molecule has 0 unspecified atom stereocenters. The van der Waals surface area contributed by atoms with E-state index in [0.29, 0.717) is 13.2 Å². The van der Waals surface area contributed by atoms with Crippen LogP contribution in [0.5, 0.6) is 0 Å². The lowest BCUT2D eigenvalue weighted by Crippen LogP contribution is -2.42. The SMILES string of the molecule is O=C(NCCCn1cccn1)N[C@H](c1ccc(F)cc1)[C@@H]1CCCO1. The Morgan fingerprint density at radius 2 is 2.24 bits per heavy atom. The minimum Gasteiger partial charge on any atom is -0.376 e. The number of aromatic nitrogens is 2. The molecule has 0 saturated carbocycles. The van der Waals surface area contributed by atoms with Crippen LogP contribution < -0.4 is 10.6 Å². The Balaban J connectivity index is 1.52. The average molecular weight is 346 g/mol. The number of hydrogen-bond acceptors (Lipinski definition) is 3. The Labute approximate surface area is 146 Å². The molecule has 0 bridgehead atoms. The van der Waals surface area contributed by atoms with E-state index < -0.39 is 0 Å². The van der Waals surface area contributed by atoms with Crippen molar-refractivity contribution in [2.24, 2.45) is 0 Å². The first-order valence-corrected chi connectivity index (χ1v) is 8.61. The maximum Gasteiger partial charge on any atom is 0.315 e. The Hall–Kier alpha value is -2.41. The molecule has 6 nitrogen and oxygen atoms in total. The number of aryl methyl sites for hydroxylation is 1. The molecule has 1 fully saturated rings. The molecule has 0 spiro atoms. The second-order valence-corrected chi connectivity index (χ2v) is 6.10. The van der Waals surface area contributed by atoms with Gasteiger partial charge in [0.05, 0.1) is 12.1 Å². The number of carbonyl (C=O) groups is 1. The van der Waals surface area contributed by atoms with E-state index in [9.17, 15) is 9.18 Å². The van der Waals surface area contributed by atoms with Crippen molar-refractivity contribution in [1.29, 1.82) is 0 Å². The molecule has 1 aliphatic heterocycles. The van der Waals surface area contributed by atoms with Crippen molar-refractivity contribution < 1.29 is 13.9 Å². The quantitative estimate of drug-likeness (QED) is 0.758. The van der Waals surface area contributed by atoms with Gasteiger partial charge in [0.15, 0.2) is 0 Å². The average Bonchev–Trinajstić information content (AvgIpc) is 3.31. The molecule has 2 atom stereocenters. The summed E-state index contributed by atoms with van der Waals surface area (Å²) in [6.45, 7) is 1.99. The number of hydrogen-bond donors (Lipinski definition) is 2. The normalized spacial score (nSPS) is 18.0. The molecule has 134 valence electrons. The lowest BCUT2D eigenvalue weighted by atomic mass is 9.99. The highest BCUT2D eigenvalue weighted by molar-refractivity contribution is 5.74. The van der Waals surface area contributed by atoms with Crippen LogP contribution >= 0.6 is 0 Å². The van der Waals surface area contributed by atoms with E-state index in [4.69, 9.17) is 4.74 Å². The van der Waals surface area contributed by atoms with E-state index in [2.05, 4.69) is 15.7 Å². The number of carbonyl (C=O) groups excluding carboxylic acids is 1. The number of ether oxygens (including phenoxy) is 1. The van der Waals surface area contributed by atoms with Crippen molar-refractivity contribution in [3.63, 3.8) is 0 Å². The molecule has 1 aromatic carbocycles. The molecule has 2 aromatic rings. The maximum atomic E-state index is 13.2. The van der Waals surface area contributed by atoms with Gasteiger partial charge in [-0.1, -0.05) is 12.1 Å². The third-order valence-corrected chi connectivity index (χ3v) is 4.26. The highest BCUT2D eigenvalue weighted by atomic mass is 19.1. The van der Waals surface area contributed by atoms with Crippen LogP contribution in [0.3, 0.4) is 0 Å². The van der Waals surface area contributed by atoms with Gasteiger partial charge in [0.2, 0.25) is 0 Å². The number of nitrogens with zero attached hydrogens (tertiary/aromatic N) is 2. The van der Waals surface area contributed by atoms with Gasteiger partial charge < -0.3 is 15.4 Å². The lowest BCUT2D eigenvalue weighted by Gasteiger charge is -2.25. The van der Waals surface area contributed by atoms with Crippen LogP contribution in [0, 0.1) is 5.82 Å². The van der Waals surface area contributed by atoms with Crippen LogP contribution in [0.15, 0.2) is 42.7 Å². The molecule has 2 heterocycles. The van der Waals surface area contributed by atoms with Crippen molar-refractivity contribution in [3.05, 3.63) is 54.1 Å². The molecule has 1 aliphatic rings. The summed E-state index contributed by atoms with van der Waals surface area (Å²) in [6.07, 6.45) is 6.17. The first kappa shape index (κ1) is 17.4. The first-order valence-electron chi connectivity index (χ1n) is 8.61. The molecule has 1 aromatic heterocycles. The van der Waals surface area contributed by atoms with Crippen molar-refractivity contribution in [3.8, 4) is 0 Å². The molecular formula is C18H23FN4O2. The van der Waals surface area contributed by atoms with Gasteiger partial charge in [-0.05, 0) is 43.0 Å². The minimum absolute atomic E-state index is 0.0831. The number of urea groups is 1. The zero-order chi connectivity index (χ0) is 17.5. The summed E-state index contributed by atoms with van der Waals surface area (Å²) < 4.78 is 20.7. The van der Waals surface area contributed by atoms with Gasteiger partial charge in [-0.25, -0.2) is 9.18 Å². The fourth-order valence-electron chi connectivity index (χ4n) is 2.99. The van der Waals surface area contributed by atoms with Crippen molar-refractivity contribution in [2.45, 2.75) is 38.0 Å². The standard InChI is InChI=1S/C18H23FN4O2/c19-15-7-5-14(6-8-15)17(16-4-1-13-25-16)22-18(24)20-9-2-11-23-12-3-10-21-23/h3,5-8,10,12,16-17H,1-2,4,9,11,13H2,(H2,20,22,24)/t16-,17+/m0/s1. The van der Waals surface area contributed by atoms with Crippen LogP contribution in [0.4, 0.5) is 9.18 Å². The van der Waals surface area contributed by atoms with Gasteiger partial charge >= 0.3 is 6.03 Å². The van der Waals surface area contributed by atoms with Gasteiger partial charge in [0.25, 0.3) is 0 Å². The monoisotopic (exact) mass is 346 g/mol. The summed E-state index contributed by atoms with van der Waals surface area (Å²) in [4.78, 5) is 12.2. The molecule has 3 rings (SSSR count). The molecule has 1 saturated heterocycles. The van der Waals surface area contributed by atoms with E-state index >= 15 is 0 Å². The van der Waals surface area contributed by atoms with Gasteiger partial charge in [0, 0.05) is 32.1 Å². The van der Waals surface area contributed by atoms with Crippen molar-refractivity contribution >= 4 is 6.03 Å². The molecule has 0 aliphatic carbocycles. The molecule has 2 amide bonds. The molecule has 25 heavy (non-hydrogen) atoms. The van der Waals surface area contributed by atoms with Crippen LogP contribution in [0.1, 0.15) is 30.9 Å². The second kappa shape index (κ2) is 8.62. The Kier molecular flexibility index (Phi) is 6.00. The molecular weight excluding hydrogens is 323 g/mol. The number of rotatable bonds is 7. The van der Waals surface area contributed by atoms with Crippen molar-refractivity contribution in [1.82, 2.24) is 20.4 Å². The fraction of sp³-hybridized carbons (Fsp3) is 0.444. The predicted molar refractivity (Wildman–Crippen MR) is 91.5 cm³/mol. The summed E-state index contributed by atoms with van der Waals surface area (Å²) in [5.74, 6) is -0.294. The maximum absolute atomic E-state index is 13.2. The number of benzene rings is 1. The summed E-state index contributed by atoms with van der Waals surface area (Å²) in [5.41, 5.74) is 0.847. The zero-order valence-electron chi connectivity index (χ0n) is 14.0. The Morgan fingerprint density at radius 1 is 1.40 bits per heavy atom. The summed E-state index contributed by atoms with van der Waals surface area (Å²) >= 11 is 0. The Bertz CT molecular complexity index is 654. The van der Waals surface area contributed by atoms with E-state index in [1.165, 1.54) is 12.1 Å². The third kappa shape index (κ3) is 5.03. The molecule has 2 N–H and O–H groups in total. The highest BCUT2D eigenvalue weighted by Gasteiger charge is 2.28. The fourth-order valence-corrected chi connectivity index (χ4v) is 2.99. The lowest BCUT2D eigenvalue weighted by molar-refractivity contribution is 0.0807. The second-order valence-electron chi connectivity index (χ2n) is 6.10. The minimum atomic E-state index is -0.294. The van der Waals surface area contributed by atoms with E-state index in [0.717, 1.165) is 31.4 Å². The van der Waals surface area contributed by atoms with Crippen LogP contribution in [-0.4, -0.2) is 35.1 Å². The summed E-state index contributed by atoms with van der Waals surface area (Å²) in [5, 5.41) is 9.95. The van der Waals surface area contributed by atoms with Crippen LogP contribution in [0.25, 0.3) is 0 Å². The number of halogens is 1. The van der Waals surface area contributed by atoms with Gasteiger partial charge in [-0.15, -0.1) is 0 Å². The van der Waals surface area contributed by atoms with Gasteiger partial charge in [-0.3, -0.25) is 4.68 Å². The molecule has 0 radical (unpaired) electrons. The Morgan fingerprint density at radius 3 is 2.92 bits per heavy atom. The van der Waals surface area contributed by atoms with Crippen molar-refractivity contribution in [2.75, 3.05) is 13.2 Å². The van der Waals surface area contributed by atoms with Gasteiger partial charge in [-0.2, -0.15) is 5.10 Å².